The number of aromatic nitrogens is 1. The van der Waals surface area contributed by atoms with E-state index in [1.165, 1.54) is 11.3 Å². The van der Waals surface area contributed by atoms with Crippen molar-refractivity contribution in [2.75, 3.05) is 25.7 Å². The Morgan fingerprint density at radius 3 is 2.56 bits per heavy atom. The lowest BCUT2D eigenvalue weighted by molar-refractivity contribution is 0.211. The lowest BCUT2D eigenvalue weighted by Gasteiger charge is -2.13. The Kier molecular flexibility index (Phi) is 7.32. The molecule has 0 bridgehead atoms. The van der Waals surface area contributed by atoms with Gasteiger partial charge in [0, 0.05) is 10.6 Å². The van der Waals surface area contributed by atoms with Crippen LogP contribution in [-0.4, -0.2) is 31.5 Å². The van der Waals surface area contributed by atoms with Crippen LogP contribution in [0.4, 0.5) is 5.13 Å². The molecule has 0 aliphatic carbocycles. The first-order chi connectivity index (χ1) is 15.6. The Morgan fingerprint density at radius 1 is 1.00 bits per heavy atom. The summed E-state index contributed by atoms with van der Waals surface area (Å²) in [5, 5.41) is 5.83. The summed E-state index contributed by atoms with van der Waals surface area (Å²) in [5.41, 5.74) is 4.50. The highest BCUT2D eigenvalue weighted by atomic mass is 35.5. The average Bonchev–Trinajstić information content (AvgIpc) is 3.21. The Bertz CT molecular complexity index is 1210. The number of thiazole rings is 1. The minimum Gasteiger partial charge on any atom is -0.493 e. The molecule has 164 valence electrons. The Balaban J connectivity index is 1.41. The van der Waals surface area contributed by atoms with E-state index >= 15 is 0 Å². The van der Waals surface area contributed by atoms with Gasteiger partial charge in [-0.2, -0.15) is 5.10 Å². The summed E-state index contributed by atoms with van der Waals surface area (Å²) < 4.78 is 18.0. The molecular formula is C23H19Cl2N3O3S. The van der Waals surface area contributed by atoms with E-state index in [-0.39, 0.29) is 6.61 Å². The number of hydrazone groups is 1. The van der Waals surface area contributed by atoms with Gasteiger partial charge in [-0.3, -0.25) is 5.43 Å². The maximum Gasteiger partial charge on any atom is 0.204 e. The van der Waals surface area contributed by atoms with Crippen LogP contribution in [0.5, 0.6) is 17.2 Å². The van der Waals surface area contributed by atoms with Crippen molar-refractivity contribution in [2.45, 2.75) is 0 Å². The zero-order chi connectivity index (χ0) is 22.3. The highest BCUT2D eigenvalue weighted by molar-refractivity contribution is 7.22. The predicted octanol–water partition coefficient (Wildman–Crippen LogP) is 6.52. The van der Waals surface area contributed by atoms with Gasteiger partial charge in [0.25, 0.3) is 0 Å². The number of nitrogens with one attached hydrogen (secondary N) is 1. The molecule has 32 heavy (non-hydrogen) atoms. The fraction of sp³-hybridized carbons (Fsp3) is 0.130. The quantitative estimate of drug-likeness (QED) is 0.165. The monoisotopic (exact) mass is 487 g/mol. The summed E-state index contributed by atoms with van der Waals surface area (Å²) in [7, 11) is 1.60. The molecular weight excluding hydrogens is 469 g/mol. The SMILES string of the molecule is COc1ccccc1OCCOc1c(Cl)cc(Cl)cc1C=NNc1nc2ccccc2s1. The molecule has 0 unspecified atom stereocenters. The van der Waals surface area contributed by atoms with Gasteiger partial charge >= 0.3 is 0 Å². The van der Waals surface area contributed by atoms with Crippen molar-refractivity contribution in [3.8, 4) is 17.2 Å². The summed E-state index contributed by atoms with van der Waals surface area (Å²) >= 11 is 14.1. The van der Waals surface area contributed by atoms with Crippen molar-refractivity contribution in [1.29, 1.82) is 0 Å². The Labute approximate surface area is 199 Å². The Morgan fingerprint density at radius 2 is 1.75 bits per heavy atom. The summed E-state index contributed by atoms with van der Waals surface area (Å²) in [4.78, 5) is 4.49. The molecule has 6 nitrogen and oxygen atoms in total. The second kappa shape index (κ2) is 10.5. The van der Waals surface area contributed by atoms with Gasteiger partial charge < -0.3 is 14.2 Å². The van der Waals surface area contributed by atoms with Gasteiger partial charge in [-0.05, 0) is 36.4 Å². The van der Waals surface area contributed by atoms with Gasteiger partial charge in [0.1, 0.15) is 19.0 Å². The van der Waals surface area contributed by atoms with Crippen LogP contribution in [0.25, 0.3) is 10.2 Å². The number of benzene rings is 3. The Hall–Kier alpha value is -3.00. The lowest BCUT2D eigenvalue weighted by Crippen LogP contribution is -2.11. The van der Waals surface area contributed by atoms with E-state index in [0.29, 0.717) is 44.6 Å². The molecule has 0 saturated heterocycles. The molecule has 4 rings (SSSR count). The van der Waals surface area contributed by atoms with E-state index in [1.807, 2.05) is 48.5 Å². The van der Waals surface area contributed by atoms with Crippen molar-refractivity contribution in [1.82, 2.24) is 4.98 Å². The summed E-state index contributed by atoms with van der Waals surface area (Å²) in [6, 6.07) is 18.7. The van der Waals surface area contributed by atoms with Crippen molar-refractivity contribution in [3.63, 3.8) is 0 Å². The molecule has 0 amide bonds. The van der Waals surface area contributed by atoms with Gasteiger partial charge in [-0.25, -0.2) is 4.98 Å². The summed E-state index contributed by atoms with van der Waals surface area (Å²) in [6.07, 6.45) is 1.60. The zero-order valence-electron chi connectivity index (χ0n) is 17.0. The number of nitrogens with zero attached hydrogens (tertiary/aromatic N) is 2. The van der Waals surface area contributed by atoms with E-state index in [9.17, 15) is 0 Å². The van der Waals surface area contributed by atoms with Gasteiger partial charge in [0.05, 0.1) is 28.6 Å². The van der Waals surface area contributed by atoms with E-state index in [0.717, 1.165) is 10.2 Å². The highest BCUT2D eigenvalue weighted by Gasteiger charge is 2.11. The minimum atomic E-state index is 0.269. The van der Waals surface area contributed by atoms with E-state index < -0.39 is 0 Å². The van der Waals surface area contributed by atoms with Crippen molar-refractivity contribution in [3.05, 3.63) is 76.3 Å². The smallest absolute Gasteiger partial charge is 0.204 e. The van der Waals surface area contributed by atoms with Gasteiger partial charge in [-0.1, -0.05) is 58.8 Å². The number of fused-ring (bicyclic) bond motifs is 1. The maximum absolute atomic E-state index is 6.37. The van der Waals surface area contributed by atoms with Crippen LogP contribution < -0.4 is 19.6 Å². The highest BCUT2D eigenvalue weighted by Crippen LogP contribution is 2.32. The second-order valence-electron chi connectivity index (χ2n) is 6.51. The molecule has 1 heterocycles. The third kappa shape index (κ3) is 5.43. The van der Waals surface area contributed by atoms with Crippen LogP contribution >= 0.6 is 34.5 Å². The number of hydrogen-bond donors (Lipinski definition) is 1. The first-order valence-corrected chi connectivity index (χ1v) is 11.2. The normalized spacial score (nSPS) is 11.1. The molecule has 1 N–H and O–H groups in total. The van der Waals surface area contributed by atoms with E-state index in [2.05, 4.69) is 15.5 Å². The molecule has 0 fully saturated rings. The molecule has 9 heteroatoms. The molecule has 0 atom stereocenters. The summed E-state index contributed by atoms with van der Waals surface area (Å²) in [5.74, 6) is 1.77. The fourth-order valence-corrected chi connectivity index (χ4v) is 4.32. The van der Waals surface area contributed by atoms with Gasteiger partial charge in [0.15, 0.2) is 11.5 Å². The van der Waals surface area contributed by atoms with Crippen LogP contribution in [-0.2, 0) is 0 Å². The fourth-order valence-electron chi connectivity index (χ4n) is 2.94. The van der Waals surface area contributed by atoms with E-state index in [1.54, 1.807) is 25.5 Å². The largest absolute Gasteiger partial charge is 0.493 e. The standard InChI is InChI=1S/C23H19Cl2N3O3S/c1-29-19-7-3-4-8-20(19)30-10-11-31-22-15(12-16(24)13-17(22)25)14-26-28-23-27-18-6-2-5-9-21(18)32-23/h2-9,12-14H,10-11H2,1H3,(H,27,28). The van der Waals surface area contributed by atoms with Crippen LogP contribution in [0.1, 0.15) is 5.56 Å². The second-order valence-corrected chi connectivity index (χ2v) is 8.38. The molecule has 0 radical (unpaired) electrons. The molecule has 0 saturated carbocycles. The number of ether oxygens (including phenoxy) is 3. The van der Waals surface area contributed by atoms with Crippen LogP contribution in [0.15, 0.2) is 65.8 Å². The third-order valence-electron chi connectivity index (χ3n) is 4.35. The number of anilines is 1. The number of rotatable bonds is 9. The minimum absolute atomic E-state index is 0.269. The van der Waals surface area contributed by atoms with E-state index in [4.69, 9.17) is 37.4 Å². The van der Waals surface area contributed by atoms with Crippen LogP contribution in [0.3, 0.4) is 0 Å². The number of methoxy groups -OCH3 is 1. The lowest BCUT2D eigenvalue weighted by atomic mass is 10.2. The number of hydrogen-bond acceptors (Lipinski definition) is 7. The molecule has 0 aliphatic rings. The van der Waals surface area contributed by atoms with Crippen molar-refractivity contribution in [2.24, 2.45) is 5.10 Å². The topological polar surface area (TPSA) is 65.0 Å². The van der Waals surface area contributed by atoms with Crippen molar-refractivity contribution >= 4 is 56.1 Å². The van der Waals surface area contributed by atoms with Gasteiger partial charge in [0.2, 0.25) is 5.13 Å². The first kappa shape index (κ1) is 22.2. The molecule has 0 spiro atoms. The van der Waals surface area contributed by atoms with Crippen molar-refractivity contribution < 1.29 is 14.2 Å². The zero-order valence-corrected chi connectivity index (χ0v) is 19.4. The third-order valence-corrected chi connectivity index (χ3v) is 5.79. The first-order valence-electron chi connectivity index (χ1n) is 9.66. The predicted molar refractivity (Wildman–Crippen MR) is 131 cm³/mol. The van der Waals surface area contributed by atoms with Gasteiger partial charge in [-0.15, -0.1) is 0 Å². The molecule has 3 aromatic carbocycles. The number of para-hydroxylation sites is 3. The summed E-state index contributed by atoms with van der Waals surface area (Å²) in [6.45, 7) is 0.575. The maximum atomic E-state index is 6.37. The number of halogens is 2. The van der Waals surface area contributed by atoms with Crippen LogP contribution in [0, 0.1) is 0 Å². The molecule has 1 aromatic heterocycles. The molecule has 4 aromatic rings. The van der Waals surface area contributed by atoms with Crippen LogP contribution in [0.2, 0.25) is 10.0 Å². The molecule has 0 aliphatic heterocycles. The average molecular weight is 488 g/mol.